The minimum atomic E-state index is -4.20. The topological polar surface area (TPSA) is 108 Å². The van der Waals surface area contributed by atoms with Gasteiger partial charge >= 0.3 is 10.2 Å². The molecule has 0 aliphatic carbocycles. The largest absolute Gasteiger partial charge is 0.506 e. The molecule has 0 aromatic heterocycles. The zero-order valence-corrected chi connectivity index (χ0v) is 16.3. The fourth-order valence-corrected chi connectivity index (χ4v) is 5.74. The maximum atomic E-state index is 15.2. The van der Waals surface area contributed by atoms with E-state index in [2.05, 4.69) is 12.2 Å². The molecule has 0 saturated carbocycles. The smallest absolute Gasteiger partial charge is 0.326 e. The van der Waals surface area contributed by atoms with Gasteiger partial charge in [0.1, 0.15) is 18.0 Å². The van der Waals surface area contributed by atoms with E-state index in [-0.39, 0.29) is 11.5 Å². The number of fused-ring (bicyclic) bond motifs is 1. The fourth-order valence-electron chi connectivity index (χ4n) is 3.42. The van der Waals surface area contributed by atoms with Gasteiger partial charge in [-0.25, -0.2) is 13.4 Å². The van der Waals surface area contributed by atoms with Gasteiger partial charge in [-0.2, -0.15) is 8.42 Å². The summed E-state index contributed by atoms with van der Waals surface area (Å²) in [5.41, 5.74) is -0.0481. The highest BCUT2D eigenvalue weighted by Gasteiger charge is 2.39. The van der Waals surface area contributed by atoms with E-state index in [1.807, 2.05) is 0 Å². The first kappa shape index (κ1) is 18.8. The lowest BCUT2D eigenvalue weighted by atomic mass is 9.88. The quantitative estimate of drug-likeness (QED) is 0.649. The number of phenolic OH excluding ortho intramolecular Hbond substituents is 1. The lowest BCUT2D eigenvalue weighted by Gasteiger charge is -2.40. The number of thioether (sulfide) groups is 1. The number of hydrogen-bond acceptors (Lipinski definition) is 7. The zero-order chi connectivity index (χ0) is 19.4. The van der Waals surface area contributed by atoms with Crippen LogP contribution in [0.3, 0.4) is 0 Å². The number of anilines is 1. The summed E-state index contributed by atoms with van der Waals surface area (Å²) in [5.74, 6) is -1.35. The number of hydrogen-bond donors (Lipinski definition) is 3. The highest BCUT2D eigenvalue weighted by Crippen LogP contribution is 2.43. The molecular formula is C16H20FN3O5S2. The lowest BCUT2D eigenvalue weighted by molar-refractivity contribution is -0.117. The molecule has 0 spiro atoms. The van der Waals surface area contributed by atoms with Crippen LogP contribution in [-0.2, 0) is 26.2 Å². The summed E-state index contributed by atoms with van der Waals surface area (Å²) in [6.45, 7) is 3.69. The van der Waals surface area contributed by atoms with E-state index in [1.54, 1.807) is 4.72 Å². The fraction of sp³-hybridized carbons (Fsp3) is 0.562. The highest BCUT2D eigenvalue weighted by molar-refractivity contribution is 7.99. The van der Waals surface area contributed by atoms with Crippen LogP contribution < -0.4 is 14.3 Å². The van der Waals surface area contributed by atoms with E-state index < -0.39 is 39.9 Å². The molecule has 3 aliphatic heterocycles. The van der Waals surface area contributed by atoms with Crippen LogP contribution in [0.15, 0.2) is 11.0 Å². The van der Waals surface area contributed by atoms with Crippen molar-refractivity contribution in [2.45, 2.75) is 24.3 Å². The van der Waals surface area contributed by atoms with Gasteiger partial charge in [0, 0.05) is 34.2 Å². The Bertz CT molecular complexity index is 904. The number of nitrogens with one attached hydrogen (secondary N) is 2. The highest BCUT2D eigenvalue weighted by atomic mass is 32.2. The summed E-state index contributed by atoms with van der Waals surface area (Å²) in [6, 6.07) is 1.38. The number of carbonyl (C=O) groups excluding carboxylic acids is 1. The first-order valence-corrected chi connectivity index (χ1v) is 10.9. The van der Waals surface area contributed by atoms with Crippen LogP contribution in [0.25, 0.3) is 0 Å². The Hall–Kier alpha value is -1.56. The average Bonchev–Trinajstić information content (AvgIpc) is 2.84. The Kier molecular flexibility index (Phi) is 4.53. The third-order valence-corrected chi connectivity index (χ3v) is 7.58. The molecule has 2 saturated heterocycles. The normalized spacial score (nSPS) is 25.6. The van der Waals surface area contributed by atoms with Crippen LogP contribution in [0.2, 0.25) is 0 Å². The molecule has 1 aromatic rings. The zero-order valence-electron chi connectivity index (χ0n) is 14.6. The number of ether oxygens (including phenoxy) is 1. The van der Waals surface area contributed by atoms with Crippen LogP contribution in [0, 0.1) is 11.2 Å². The lowest BCUT2D eigenvalue weighted by Crippen LogP contribution is -2.50. The van der Waals surface area contributed by atoms with Crippen molar-refractivity contribution in [1.29, 1.82) is 0 Å². The first-order chi connectivity index (χ1) is 12.7. The predicted molar refractivity (Wildman–Crippen MR) is 97.6 cm³/mol. The van der Waals surface area contributed by atoms with Gasteiger partial charge in [0.25, 0.3) is 5.91 Å². The molecule has 1 amide bonds. The Morgan fingerprint density at radius 2 is 2.26 bits per heavy atom. The maximum Gasteiger partial charge on any atom is 0.326 e. The molecule has 0 radical (unpaired) electrons. The Balaban J connectivity index is 1.60. The number of benzene rings is 1. The molecule has 4 rings (SSSR count). The van der Waals surface area contributed by atoms with Crippen molar-refractivity contribution < 1.29 is 27.4 Å². The monoisotopic (exact) mass is 417 g/mol. The number of aromatic hydroxyl groups is 1. The van der Waals surface area contributed by atoms with Gasteiger partial charge in [-0.05, 0) is 12.5 Å². The SMILES string of the molecule is CC1(CN[C@@H]2CSc3cc(O)c(N4CC(=O)NS4(=O)=O)c(F)c3C2)COC1. The van der Waals surface area contributed by atoms with Crippen molar-refractivity contribution in [3.8, 4) is 5.75 Å². The molecule has 0 bridgehead atoms. The molecule has 1 atom stereocenters. The van der Waals surface area contributed by atoms with Crippen molar-refractivity contribution >= 4 is 33.6 Å². The second kappa shape index (κ2) is 6.50. The van der Waals surface area contributed by atoms with Crippen LogP contribution in [0.4, 0.5) is 10.1 Å². The molecule has 0 unspecified atom stereocenters. The van der Waals surface area contributed by atoms with Crippen molar-refractivity contribution in [1.82, 2.24) is 10.0 Å². The van der Waals surface area contributed by atoms with Gasteiger partial charge in [0.05, 0.1) is 13.2 Å². The summed E-state index contributed by atoms with van der Waals surface area (Å²) in [6.07, 6.45) is 0.369. The third kappa shape index (κ3) is 3.37. The van der Waals surface area contributed by atoms with Crippen molar-refractivity contribution in [3.63, 3.8) is 0 Å². The summed E-state index contributed by atoms with van der Waals surface area (Å²) >= 11 is 1.41. The summed E-state index contributed by atoms with van der Waals surface area (Å²) in [7, 11) is -4.20. The van der Waals surface area contributed by atoms with E-state index in [1.165, 1.54) is 17.8 Å². The van der Waals surface area contributed by atoms with Crippen LogP contribution in [0.1, 0.15) is 12.5 Å². The van der Waals surface area contributed by atoms with Crippen LogP contribution in [-0.4, -0.2) is 57.5 Å². The molecule has 2 fully saturated rings. The van der Waals surface area contributed by atoms with Crippen LogP contribution in [0.5, 0.6) is 5.75 Å². The van der Waals surface area contributed by atoms with E-state index in [0.29, 0.717) is 40.2 Å². The Morgan fingerprint density at radius 1 is 1.52 bits per heavy atom. The second-order valence-corrected chi connectivity index (χ2v) is 10.1. The van der Waals surface area contributed by atoms with E-state index in [9.17, 15) is 18.3 Å². The third-order valence-electron chi connectivity index (χ3n) is 4.96. The van der Waals surface area contributed by atoms with Crippen molar-refractivity contribution in [2.75, 3.05) is 36.4 Å². The standard InChI is InChI=1S/C16H20FN3O5S2/c1-16(7-25-8-16)6-18-9-2-10-12(26-5-9)3-11(21)15(14(10)17)20-4-13(22)19-27(20,23)24/h3,9,18,21H,2,4-8H2,1H3,(H,19,22)/t9-/m0/s1. The Morgan fingerprint density at radius 3 is 2.85 bits per heavy atom. The molecular weight excluding hydrogens is 397 g/mol. The van der Waals surface area contributed by atoms with Gasteiger partial charge < -0.3 is 15.2 Å². The number of rotatable bonds is 4. The molecule has 148 valence electrons. The van der Waals surface area contributed by atoms with Gasteiger partial charge in [0.15, 0.2) is 5.82 Å². The van der Waals surface area contributed by atoms with E-state index >= 15 is 4.39 Å². The molecule has 1 aromatic carbocycles. The predicted octanol–water partition coefficient (Wildman–Crippen LogP) is 0.355. The molecule has 11 heteroatoms. The number of amides is 1. The maximum absolute atomic E-state index is 15.2. The molecule has 8 nitrogen and oxygen atoms in total. The molecule has 3 N–H and O–H groups in total. The van der Waals surface area contributed by atoms with Gasteiger partial charge in [-0.3, -0.25) is 4.79 Å². The summed E-state index contributed by atoms with van der Waals surface area (Å²) < 4.78 is 46.9. The van der Waals surface area contributed by atoms with Gasteiger partial charge in [-0.1, -0.05) is 6.92 Å². The second-order valence-electron chi connectivity index (χ2n) is 7.47. The number of nitrogens with zero attached hydrogens (tertiary/aromatic N) is 1. The minimum Gasteiger partial charge on any atom is -0.506 e. The summed E-state index contributed by atoms with van der Waals surface area (Å²) in [5, 5.41) is 13.6. The molecule has 3 aliphatic rings. The van der Waals surface area contributed by atoms with Crippen molar-refractivity contribution in [3.05, 3.63) is 17.4 Å². The summed E-state index contributed by atoms with van der Waals surface area (Å²) in [4.78, 5) is 12.0. The van der Waals surface area contributed by atoms with E-state index in [0.717, 1.165) is 6.54 Å². The number of halogens is 1. The van der Waals surface area contributed by atoms with Gasteiger partial charge in [-0.15, -0.1) is 11.8 Å². The van der Waals surface area contributed by atoms with Crippen LogP contribution >= 0.6 is 11.8 Å². The number of carbonyl (C=O) groups is 1. The molecule has 3 heterocycles. The van der Waals surface area contributed by atoms with E-state index in [4.69, 9.17) is 4.74 Å². The van der Waals surface area contributed by atoms with Gasteiger partial charge in [0.2, 0.25) is 0 Å². The molecule has 27 heavy (non-hydrogen) atoms. The van der Waals surface area contributed by atoms with Crippen molar-refractivity contribution in [2.24, 2.45) is 5.41 Å². The first-order valence-electron chi connectivity index (χ1n) is 8.50. The minimum absolute atomic E-state index is 0.0155. The number of phenols is 1. The average molecular weight is 417 g/mol. The Labute approximate surface area is 160 Å².